The number of carbonyl (C=O) groups is 1. The van der Waals surface area contributed by atoms with Gasteiger partial charge in [0.05, 0.1) is 23.0 Å². The molecule has 0 bridgehead atoms. The molecule has 0 atom stereocenters. The lowest BCUT2D eigenvalue weighted by atomic mass is 9.96. The van der Waals surface area contributed by atoms with Crippen molar-refractivity contribution in [3.63, 3.8) is 0 Å². The second kappa shape index (κ2) is 8.29. The van der Waals surface area contributed by atoms with E-state index in [1.165, 1.54) is 6.20 Å². The van der Waals surface area contributed by atoms with E-state index in [2.05, 4.69) is 25.5 Å². The van der Waals surface area contributed by atoms with E-state index >= 15 is 0 Å². The van der Waals surface area contributed by atoms with Crippen molar-refractivity contribution in [1.82, 2.24) is 30.2 Å². The Morgan fingerprint density at radius 2 is 1.94 bits per heavy atom. The number of amides is 1. The summed E-state index contributed by atoms with van der Waals surface area (Å²) in [6.45, 7) is 8.45. The molecule has 1 N–H and O–H groups in total. The topological polar surface area (TPSA) is 117 Å². The minimum atomic E-state index is -0.224. The summed E-state index contributed by atoms with van der Waals surface area (Å²) >= 11 is 0. The van der Waals surface area contributed by atoms with Gasteiger partial charge in [0, 0.05) is 18.2 Å². The Morgan fingerprint density at radius 3 is 2.68 bits per heavy atom. The van der Waals surface area contributed by atoms with Crippen LogP contribution in [-0.4, -0.2) is 37.6 Å². The van der Waals surface area contributed by atoms with Crippen molar-refractivity contribution in [1.29, 1.82) is 0 Å². The minimum absolute atomic E-state index is 0.207. The van der Waals surface area contributed by atoms with Gasteiger partial charge in [-0.1, -0.05) is 32.0 Å². The number of hydrogen-bond acceptors (Lipinski definition) is 8. The molecule has 0 saturated heterocycles. The smallest absolute Gasteiger partial charge is 0.259 e. The maximum atomic E-state index is 12.8. The van der Waals surface area contributed by atoms with Crippen molar-refractivity contribution in [2.24, 2.45) is 0 Å². The molecule has 0 spiro atoms. The number of aromatic nitrogens is 5. The molecule has 0 unspecified atom stereocenters. The Morgan fingerprint density at radius 1 is 1.12 bits per heavy atom. The number of benzene rings is 1. The van der Waals surface area contributed by atoms with Crippen LogP contribution in [0.3, 0.4) is 0 Å². The van der Waals surface area contributed by atoms with Gasteiger partial charge < -0.3 is 19.3 Å². The molecule has 0 fully saturated rings. The largest absolute Gasteiger partial charge is 0.454 e. The molecule has 1 aliphatic rings. The predicted molar refractivity (Wildman–Crippen MR) is 122 cm³/mol. The molecular formula is C24H24N6O4. The molecule has 10 nitrogen and oxygen atoms in total. The zero-order valence-electron chi connectivity index (χ0n) is 19.3. The standard InChI is InChI=1S/C24H24N6O4/c1-14-17(21(31)26-10-15-5-7-18-19(9-15)33-13-32-18)12-27-30(14)20-8-6-16(11-25-20)22-28-23(29-34-22)24(2,3)4/h5-9,11-12H,10,13H2,1-4H3,(H,26,31). The summed E-state index contributed by atoms with van der Waals surface area (Å²) in [5.74, 6) is 2.78. The van der Waals surface area contributed by atoms with E-state index < -0.39 is 0 Å². The predicted octanol–water partition coefficient (Wildman–Crippen LogP) is 3.58. The molecule has 174 valence electrons. The average molecular weight is 460 g/mol. The highest BCUT2D eigenvalue weighted by molar-refractivity contribution is 5.95. The van der Waals surface area contributed by atoms with E-state index in [9.17, 15) is 4.79 Å². The Balaban J connectivity index is 1.28. The molecule has 0 radical (unpaired) electrons. The summed E-state index contributed by atoms with van der Waals surface area (Å²) in [5.41, 5.74) is 2.56. The lowest BCUT2D eigenvalue weighted by molar-refractivity contribution is 0.0950. The Kier molecular flexibility index (Phi) is 5.27. The number of rotatable bonds is 5. The quantitative estimate of drug-likeness (QED) is 0.480. The number of ether oxygens (including phenoxy) is 2. The monoisotopic (exact) mass is 460 g/mol. The molecule has 3 aromatic heterocycles. The summed E-state index contributed by atoms with van der Waals surface area (Å²) in [6, 6.07) is 9.22. The summed E-state index contributed by atoms with van der Waals surface area (Å²) in [4.78, 5) is 21.7. The fourth-order valence-electron chi connectivity index (χ4n) is 3.48. The Bertz CT molecular complexity index is 1350. The van der Waals surface area contributed by atoms with Crippen LogP contribution < -0.4 is 14.8 Å². The van der Waals surface area contributed by atoms with Crippen LogP contribution in [0, 0.1) is 6.92 Å². The van der Waals surface area contributed by atoms with Crippen molar-refractivity contribution < 1.29 is 18.8 Å². The van der Waals surface area contributed by atoms with E-state index in [0.29, 0.717) is 52.4 Å². The highest BCUT2D eigenvalue weighted by atomic mass is 16.7. The number of fused-ring (bicyclic) bond motifs is 1. The number of nitrogens with zero attached hydrogens (tertiary/aromatic N) is 5. The highest BCUT2D eigenvalue weighted by Gasteiger charge is 2.22. The zero-order chi connectivity index (χ0) is 23.9. The van der Waals surface area contributed by atoms with Crippen molar-refractivity contribution >= 4 is 5.91 Å². The summed E-state index contributed by atoms with van der Waals surface area (Å²) in [7, 11) is 0. The first kappa shape index (κ1) is 21.6. The van der Waals surface area contributed by atoms with E-state index in [-0.39, 0.29) is 18.1 Å². The molecule has 34 heavy (non-hydrogen) atoms. The SMILES string of the molecule is Cc1c(C(=O)NCc2ccc3c(c2)OCO3)cnn1-c1ccc(-c2nc(C(C)(C)C)no2)cn1. The number of carbonyl (C=O) groups excluding carboxylic acids is 1. The van der Waals surface area contributed by atoms with E-state index in [1.54, 1.807) is 16.9 Å². The molecule has 1 amide bonds. The highest BCUT2D eigenvalue weighted by Crippen LogP contribution is 2.32. The van der Waals surface area contributed by atoms with E-state index in [1.807, 2.05) is 52.0 Å². The lowest BCUT2D eigenvalue weighted by Crippen LogP contribution is -2.23. The maximum Gasteiger partial charge on any atom is 0.259 e. The fraction of sp³-hybridized carbons (Fsp3) is 0.292. The van der Waals surface area contributed by atoms with Gasteiger partial charge in [-0.3, -0.25) is 4.79 Å². The number of hydrogen-bond donors (Lipinski definition) is 1. The molecule has 10 heteroatoms. The molecular weight excluding hydrogens is 436 g/mol. The summed E-state index contributed by atoms with van der Waals surface area (Å²) in [5, 5.41) is 11.3. The van der Waals surface area contributed by atoms with Crippen LogP contribution in [0.25, 0.3) is 17.3 Å². The molecule has 0 saturated carbocycles. The van der Waals surface area contributed by atoms with Gasteiger partial charge in [0.15, 0.2) is 23.1 Å². The summed E-state index contributed by atoms with van der Waals surface area (Å²) in [6.07, 6.45) is 3.18. The lowest BCUT2D eigenvalue weighted by Gasteiger charge is -2.10. The normalized spacial score (nSPS) is 12.7. The van der Waals surface area contributed by atoms with Gasteiger partial charge in [0.1, 0.15) is 0 Å². The van der Waals surface area contributed by atoms with Gasteiger partial charge in [0.25, 0.3) is 11.8 Å². The second-order valence-electron chi connectivity index (χ2n) is 9.00. The molecule has 4 heterocycles. The van der Waals surface area contributed by atoms with Crippen LogP contribution >= 0.6 is 0 Å². The van der Waals surface area contributed by atoms with Crippen LogP contribution in [-0.2, 0) is 12.0 Å². The van der Waals surface area contributed by atoms with Gasteiger partial charge in [-0.25, -0.2) is 9.67 Å². The third-order valence-electron chi connectivity index (χ3n) is 5.45. The third-order valence-corrected chi connectivity index (χ3v) is 5.45. The van der Waals surface area contributed by atoms with Gasteiger partial charge in [0.2, 0.25) is 6.79 Å². The van der Waals surface area contributed by atoms with Crippen molar-refractivity contribution in [3.8, 4) is 28.8 Å². The van der Waals surface area contributed by atoms with Gasteiger partial charge >= 0.3 is 0 Å². The van der Waals surface area contributed by atoms with E-state index in [0.717, 1.165) is 5.56 Å². The fourth-order valence-corrected chi connectivity index (χ4v) is 3.48. The first-order valence-corrected chi connectivity index (χ1v) is 10.8. The Labute approximate surface area is 195 Å². The van der Waals surface area contributed by atoms with Crippen molar-refractivity contribution in [3.05, 3.63) is 65.4 Å². The maximum absolute atomic E-state index is 12.8. The first-order chi connectivity index (χ1) is 16.3. The van der Waals surface area contributed by atoms with Crippen LogP contribution in [0.4, 0.5) is 0 Å². The average Bonchev–Trinajstić information content (AvgIpc) is 3.56. The molecule has 4 aromatic rings. The molecule has 0 aliphatic carbocycles. The first-order valence-electron chi connectivity index (χ1n) is 10.8. The van der Waals surface area contributed by atoms with Gasteiger partial charge in [-0.15, -0.1) is 0 Å². The van der Waals surface area contributed by atoms with Crippen LogP contribution in [0.5, 0.6) is 11.5 Å². The van der Waals surface area contributed by atoms with Crippen molar-refractivity contribution in [2.45, 2.75) is 39.7 Å². The Hall–Kier alpha value is -4.21. The second-order valence-corrected chi connectivity index (χ2v) is 9.00. The number of pyridine rings is 1. The number of nitrogens with one attached hydrogen (secondary N) is 1. The summed E-state index contributed by atoms with van der Waals surface area (Å²) < 4.78 is 17.7. The minimum Gasteiger partial charge on any atom is -0.454 e. The van der Waals surface area contributed by atoms with Gasteiger partial charge in [-0.05, 0) is 36.8 Å². The third kappa shape index (κ3) is 4.09. The van der Waals surface area contributed by atoms with Crippen LogP contribution in [0.2, 0.25) is 0 Å². The van der Waals surface area contributed by atoms with Crippen molar-refractivity contribution in [2.75, 3.05) is 6.79 Å². The molecule has 1 aromatic carbocycles. The van der Waals surface area contributed by atoms with Crippen LogP contribution in [0.1, 0.15) is 48.2 Å². The van der Waals surface area contributed by atoms with Crippen LogP contribution in [0.15, 0.2) is 47.2 Å². The van der Waals surface area contributed by atoms with E-state index in [4.69, 9.17) is 14.0 Å². The zero-order valence-corrected chi connectivity index (χ0v) is 19.3. The molecule has 1 aliphatic heterocycles. The molecule has 5 rings (SSSR count). The van der Waals surface area contributed by atoms with Gasteiger partial charge in [-0.2, -0.15) is 10.1 Å².